The van der Waals surface area contributed by atoms with E-state index in [4.69, 9.17) is 9.15 Å². The van der Waals surface area contributed by atoms with E-state index in [0.29, 0.717) is 16.9 Å². The van der Waals surface area contributed by atoms with Gasteiger partial charge in [-0.05, 0) is 44.0 Å². The zero-order chi connectivity index (χ0) is 20.3. The number of rotatable bonds is 6. The highest BCUT2D eigenvalue weighted by molar-refractivity contribution is 5.85. The van der Waals surface area contributed by atoms with Crippen LogP contribution in [0.25, 0.3) is 11.0 Å². The standard InChI is InChI=1S/C22H23NO5/c1-13-11-20(25)28-21-14(2)19(10-9-17(13)21)27-15(3)22(26)23-12-18(24)16-7-5-4-6-8-16/h4-11,15,18,24H,12H2,1-3H3,(H,23,26)/t15-,18+/m1/s1. The number of benzene rings is 2. The molecule has 0 aliphatic carbocycles. The van der Waals surface area contributed by atoms with Gasteiger partial charge >= 0.3 is 5.63 Å². The highest BCUT2D eigenvalue weighted by Crippen LogP contribution is 2.28. The van der Waals surface area contributed by atoms with Gasteiger partial charge in [0.1, 0.15) is 11.3 Å². The van der Waals surface area contributed by atoms with Crippen LogP contribution in [0.3, 0.4) is 0 Å². The number of hydrogen-bond donors (Lipinski definition) is 2. The van der Waals surface area contributed by atoms with Crippen LogP contribution in [0.4, 0.5) is 0 Å². The van der Waals surface area contributed by atoms with Gasteiger partial charge in [-0.25, -0.2) is 4.79 Å². The second-order valence-electron chi connectivity index (χ2n) is 6.75. The lowest BCUT2D eigenvalue weighted by Crippen LogP contribution is -2.38. The van der Waals surface area contributed by atoms with Crippen LogP contribution in [0.2, 0.25) is 0 Å². The molecule has 2 N–H and O–H groups in total. The van der Waals surface area contributed by atoms with Crippen LogP contribution in [-0.2, 0) is 4.79 Å². The number of amides is 1. The summed E-state index contributed by atoms with van der Waals surface area (Å²) in [5.41, 5.74) is 2.23. The number of aliphatic hydroxyl groups excluding tert-OH is 1. The molecule has 28 heavy (non-hydrogen) atoms. The molecule has 0 radical (unpaired) electrons. The molecule has 6 nitrogen and oxygen atoms in total. The normalized spacial score (nSPS) is 13.1. The van der Waals surface area contributed by atoms with E-state index in [1.807, 2.05) is 25.1 Å². The zero-order valence-electron chi connectivity index (χ0n) is 16.1. The summed E-state index contributed by atoms with van der Waals surface area (Å²) in [4.78, 5) is 24.0. The number of carbonyl (C=O) groups excluding carboxylic acids is 1. The molecular weight excluding hydrogens is 358 g/mol. The highest BCUT2D eigenvalue weighted by atomic mass is 16.5. The Hall–Kier alpha value is -3.12. The Balaban J connectivity index is 1.68. The molecule has 0 fully saturated rings. The molecular formula is C22H23NO5. The summed E-state index contributed by atoms with van der Waals surface area (Å²) in [6, 6.07) is 14.1. The zero-order valence-corrected chi connectivity index (χ0v) is 16.1. The first-order valence-corrected chi connectivity index (χ1v) is 9.08. The lowest BCUT2D eigenvalue weighted by molar-refractivity contribution is -0.127. The molecule has 3 aromatic rings. The number of carbonyl (C=O) groups is 1. The summed E-state index contributed by atoms with van der Waals surface area (Å²) < 4.78 is 11.1. The molecule has 0 unspecified atom stereocenters. The van der Waals surface area contributed by atoms with Crippen molar-refractivity contribution >= 4 is 16.9 Å². The van der Waals surface area contributed by atoms with Crippen molar-refractivity contribution in [1.82, 2.24) is 5.32 Å². The van der Waals surface area contributed by atoms with Crippen LogP contribution in [-0.4, -0.2) is 23.7 Å². The van der Waals surface area contributed by atoms with Crippen LogP contribution in [0.1, 0.15) is 29.7 Å². The summed E-state index contributed by atoms with van der Waals surface area (Å²) in [5, 5.41) is 13.7. The van der Waals surface area contributed by atoms with Crippen molar-refractivity contribution in [3.8, 4) is 5.75 Å². The van der Waals surface area contributed by atoms with Gasteiger partial charge in [0.05, 0.1) is 6.10 Å². The van der Waals surface area contributed by atoms with Crippen molar-refractivity contribution in [2.45, 2.75) is 33.0 Å². The molecule has 0 saturated carbocycles. The van der Waals surface area contributed by atoms with Gasteiger partial charge in [0.15, 0.2) is 6.10 Å². The number of aliphatic hydroxyl groups is 1. The molecule has 0 aliphatic rings. The predicted molar refractivity (Wildman–Crippen MR) is 106 cm³/mol. The van der Waals surface area contributed by atoms with Crippen molar-refractivity contribution in [2.75, 3.05) is 6.54 Å². The predicted octanol–water partition coefficient (Wildman–Crippen LogP) is 3.03. The first kappa shape index (κ1) is 19.6. The first-order valence-electron chi connectivity index (χ1n) is 9.08. The van der Waals surface area contributed by atoms with E-state index < -0.39 is 17.8 Å². The maximum Gasteiger partial charge on any atom is 0.336 e. The van der Waals surface area contributed by atoms with Crippen LogP contribution in [0.5, 0.6) is 5.75 Å². The van der Waals surface area contributed by atoms with E-state index in [2.05, 4.69) is 5.32 Å². The van der Waals surface area contributed by atoms with E-state index in [1.165, 1.54) is 6.07 Å². The van der Waals surface area contributed by atoms with E-state index in [1.54, 1.807) is 38.1 Å². The van der Waals surface area contributed by atoms with Crippen molar-refractivity contribution in [1.29, 1.82) is 0 Å². The average molecular weight is 381 g/mol. The van der Waals surface area contributed by atoms with Gasteiger partial charge in [0, 0.05) is 23.6 Å². The molecule has 1 heterocycles. The maximum absolute atomic E-state index is 12.3. The van der Waals surface area contributed by atoms with Crippen molar-refractivity contribution in [2.24, 2.45) is 0 Å². The van der Waals surface area contributed by atoms with Crippen LogP contribution in [0, 0.1) is 13.8 Å². The third kappa shape index (κ3) is 4.23. The van der Waals surface area contributed by atoms with E-state index in [-0.39, 0.29) is 12.5 Å². The molecule has 0 spiro atoms. The van der Waals surface area contributed by atoms with Crippen LogP contribution < -0.4 is 15.7 Å². The SMILES string of the molecule is Cc1cc(=O)oc2c(C)c(O[C@H](C)C(=O)NC[C@H](O)c3ccccc3)ccc12. The third-order valence-corrected chi connectivity index (χ3v) is 4.65. The minimum atomic E-state index is -0.794. The quantitative estimate of drug-likeness (QED) is 0.641. The van der Waals surface area contributed by atoms with Gasteiger partial charge in [-0.2, -0.15) is 0 Å². The lowest BCUT2D eigenvalue weighted by atomic mass is 10.1. The summed E-state index contributed by atoms with van der Waals surface area (Å²) in [6.07, 6.45) is -1.58. The Morgan fingerprint density at radius 2 is 1.89 bits per heavy atom. The Morgan fingerprint density at radius 3 is 2.61 bits per heavy atom. The molecule has 2 aromatic carbocycles. The van der Waals surface area contributed by atoms with Crippen LogP contribution in [0.15, 0.2) is 57.7 Å². The summed E-state index contributed by atoms with van der Waals surface area (Å²) in [5.74, 6) is 0.118. The van der Waals surface area contributed by atoms with Gasteiger partial charge < -0.3 is 19.6 Å². The summed E-state index contributed by atoms with van der Waals surface area (Å²) >= 11 is 0. The van der Waals surface area contributed by atoms with Crippen molar-refractivity contribution in [3.05, 3.63) is 75.6 Å². The second-order valence-corrected chi connectivity index (χ2v) is 6.75. The molecule has 2 atom stereocenters. The van der Waals surface area contributed by atoms with E-state index in [0.717, 1.165) is 16.5 Å². The van der Waals surface area contributed by atoms with Gasteiger partial charge in [-0.1, -0.05) is 30.3 Å². The largest absolute Gasteiger partial charge is 0.480 e. The monoisotopic (exact) mass is 381 g/mol. The van der Waals surface area contributed by atoms with Crippen LogP contribution >= 0.6 is 0 Å². The van der Waals surface area contributed by atoms with Crippen molar-refractivity contribution < 1.29 is 19.1 Å². The molecule has 0 aliphatic heterocycles. The molecule has 0 bridgehead atoms. The molecule has 146 valence electrons. The fourth-order valence-corrected chi connectivity index (χ4v) is 3.01. The molecule has 6 heteroatoms. The fourth-order valence-electron chi connectivity index (χ4n) is 3.01. The Labute approximate surface area is 162 Å². The molecule has 1 aromatic heterocycles. The Kier molecular flexibility index (Phi) is 5.80. The van der Waals surface area contributed by atoms with E-state index >= 15 is 0 Å². The number of fused-ring (bicyclic) bond motifs is 1. The fraction of sp³-hybridized carbons (Fsp3) is 0.273. The van der Waals surface area contributed by atoms with Gasteiger partial charge in [-0.3, -0.25) is 4.79 Å². The number of aryl methyl sites for hydroxylation is 2. The number of nitrogens with one attached hydrogen (secondary N) is 1. The Bertz CT molecular complexity index is 1040. The van der Waals surface area contributed by atoms with Gasteiger partial charge in [0.25, 0.3) is 5.91 Å². The lowest BCUT2D eigenvalue weighted by Gasteiger charge is -2.18. The average Bonchev–Trinajstić information content (AvgIpc) is 2.68. The van der Waals surface area contributed by atoms with Gasteiger partial charge in [-0.15, -0.1) is 0 Å². The summed E-state index contributed by atoms with van der Waals surface area (Å²) in [6.45, 7) is 5.33. The molecule has 0 saturated heterocycles. The molecule has 3 rings (SSSR count). The maximum atomic E-state index is 12.3. The number of hydrogen-bond acceptors (Lipinski definition) is 5. The highest BCUT2D eigenvalue weighted by Gasteiger charge is 2.19. The minimum Gasteiger partial charge on any atom is -0.480 e. The summed E-state index contributed by atoms with van der Waals surface area (Å²) in [7, 11) is 0. The third-order valence-electron chi connectivity index (χ3n) is 4.65. The Morgan fingerprint density at radius 1 is 1.18 bits per heavy atom. The smallest absolute Gasteiger partial charge is 0.336 e. The van der Waals surface area contributed by atoms with Gasteiger partial charge in [0.2, 0.25) is 0 Å². The topological polar surface area (TPSA) is 88.8 Å². The molecule has 1 amide bonds. The number of ether oxygens (including phenoxy) is 1. The second kappa shape index (κ2) is 8.27. The first-order chi connectivity index (χ1) is 13.4. The minimum absolute atomic E-state index is 0.0846. The van der Waals surface area contributed by atoms with E-state index in [9.17, 15) is 14.7 Å². The van der Waals surface area contributed by atoms with Crippen molar-refractivity contribution in [3.63, 3.8) is 0 Å².